The third-order valence-electron chi connectivity index (χ3n) is 5.44. The van der Waals surface area contributed by atoms with Crippen LogP contribution in [0.3, 0.4) is 0 Å². The molecule has 0 bridgehead atoms. The number of aryl methyl sites for hydroxylation is 2. The molecule has 0 radical (unpaired) electrons. The van der Waals surface area contributed by atoms with Gasteiger partial charge < -0.3 is 9.40 Å². The van der Waals surface area contributed by atoms with Crippen molar-refractivity contribution < 1.29 is 4.42 Å². The highest BCUT2D eigenvalue weighted by molar-refractivity contribution is 7.18. The first-order valence-electron chi connectivity index (χ1n) is 9.22. The lowest BCUT2D eigenvalue weighted by atomic mass is 9.89. The lowest BCUT2D eigenvalue weighted by molar-refractivity contribution is 0.223. The summed E-state index contributed by atoms with van der Waals surface area (Å²) < 4.78 is 5.67. The van der Waals surface area contributed by atoms with Crippen LogP contribution in [0.4, 0.5) is 0 Å². The van der Waals surface area contributed by atoms with Crippen molar-refractivity contribution in [1.29, 1.82) is 0 Å². The fourth-order valence-electron chi connectivity index (χ4n) is 3.72. The minimum Gasteiger partial charge on any atom is -0.465 e. The van der Waals surface area contributed by atoms with Crippen LogP contribution in [0.25, 0.3) is 10.2 Å². The number of H-pyrrole nitrogens is 1. The van der Waals surface area contributed by atoms with Gasteiger partial charge in [0, 0.05) is 4.88 Å². The van der Waals surface area contributed by atoms with Gasteiger partial charge in [-0.25, -0.2) is 4.98 Å². The number of nitrogens with zero attached hydrogens (tertiary/aromatic N) is 2. The summed E-state index contributed by atoms with van der Waals surface area (Å²) in [7, 11) is 2.02. The summed E-state index contributed by atoms with van der Waals surface area (Å²) in [5, 5.41) is 0.817. The first-order chi connectivity index (χ1) is 12.4. The van der Waals surface area contributed by atoms with Gasteiger partial charge in [-0.15, -0.1) is 11.3 Å². The predicted octanol–water partition coefficient (Wildman–Crippen LogP) is 4.20. The Balaban J connectivity index is 1.65. The molecule has 4 rings (SSSR count). The number of hydrogen-bond donors (Lipinski definition) is 1. The molecule has 0 saturated carbocycles. The molecule has 5 nitrogen and oxygen atoms in total. The molecule has 0 saturated heterocycles. The maximum Gasteiger partial charge on any atom is 0.259 e. The van der Waals surface area contributed by atoms with E-state index < -0.39 is 0 Å². The second kappa shape index (κ2) is 6.67. The van der Waals surface area contributed by atoms with Crippen molar-refractivity contribution in [2.75, 3.05) is 7.05 Å². The predicted molar refractivity (Wildman–Crippen MR) is 105 cm³/mol. The van der Waals surface area contributed by atoms with Crippen molar-refractivity contribution in [2.24, 2.45) is 5.92 Å². The normalized spacial score (nSPS) is 18.4. The maximum atomic E-state index is 12.8. The highest BCUT2D eigenvalue weighted by Crippen LogP contribution is 2.36. The zero-order chi connectivity index (χ0) is 18.4. The van der Waals surface area contributed by atoms with Gasteiger partial charge in [-0.3, -0.25) is 9.69 Å². The Morgan fingerprint density at radius 3 is 3.00 bits per heavy atom. The fraction of sp³-hybridized carbons (Fsp3) is 0.500. The van der Waals surface area contributed by atoms with Crippen molar-refractivity contribution in [1.82, 2.24) is 14.9 Å². The van der Waals surface area contributed by atoms with Crippen LogP contribution in [0.5, 0.6) is 0 Å². The molecule has 0 unspecified atom stereocenters. The zero-order valence-corrected chi connectivity index (χ0v) is 16.6. The summed E-state index contributed by atoms with van der Waals surface area (Å²) in [6.45, 7) is 6.97. The number of aromatic amines is 1. The van der Waals surface area contributed by atoms with Gasteiger partial charge in [-0.05, 0) is 63.8 Å². The molecule has 0 aromatic carbocycles. The molecule has 1 aliphatic carbocycles. The molecular weight excluding hydrogens is 346 g/mol. The molecule has 2 atom stereocenters. The highest BCUT2D eigenvalue weighted by atomic mass is 32.1. The molecule has 6 heteroatoms. The monoisotopic (exact) mass is 371 g/mol. The summed E-state index contributed by atoms with van der Waals surface area (Å²) >= 11 is 1.70. The van der Waals surface area contributed by atoms with E-state index in [1.54, 1.807) is 11.3 Å². The van der Waals surface area contributed by atoms with Crippen LogP contribution in [0, 0.1) is 12.8 Å². The molecule has 3 aromatic rings. The molecule has 1 N–H and O–H groups in total. The molecule has 138 valence electrons. The van der Waals surface area contributed by atoms with Gasteiger partial charge in [-0.1, -0.05) is 6.92 Å². The van der Waals surface area contributed by atoms with Gasteiger partial charge in [0.05, 0.1) is 18.0 Å². The molecule has 0 spiro atoms. The Morgan fingerprint density at radius 1 is 1.46 bits per heavy atom. The van der Waals surface area contributed by atoms with Crippen molar-refractivity contribution in [3.8, 4) is 0 Å². The zero-order valence-electron chi connectivity index (χ0n) is 15.8. The van der Waals surface area contributed by atoms with Crippen molar-refractivity contribution >= 4 is 21.6 Å². The molecule has 1 aliphatic rings. The topological polar surface area (TPSA) is 62.1 Å². The minimum absolute atomic E-state index is 0.00411. The number of nitrogens with one attached hydrogen (secondary N) is 1. The molecule has 26 heavy (non-hydrogen) atoms. The lowest BCUT2D eigenvalue weighted by Gasteiger charge is -2.22. The quantitative estimate of drug-likeness (QED) is 0.746. The third kappa shape index (κ3) is 3.12. The maximum absolute atomic E-state index is 12.8. The minimum atomic E-state index is -0.00411. The Bertz CT molecular complexity index is 1000. The number of hydrogen-bond acceptors (Lipinski definition) is 5. The van der Waals surface area contributed by atoms with E-state index in [1.165, 1.54) is 10.4 Å². The second-order valence-corrected chi connectivity index (χ2v) is 8.67. The Kier molecular flexibility index (Phi) is 4.49. The number of fused-ring (bicyclic) bond motifs is 3. The second-order valence-electron chi connectivity index (χ2n) is 7.59. The standard InChI is InChI=1S/C20H25N3O2S/c1-11-5-8-15-16(9-11)26-20-17(15)19(24)21-18(22-20)13(3)23(4)10-14-7-6-12(2)25-14/h6-7,11,13H,5,8-10H2,1-4H3,(H,21,22,24)/t11-,13+/m1/s1. The first-order valence-corrected chi connectivity index (χ1v) is 10.0. The van der Waals surface area contributed by atoms with E-state index in [4.69, 9.17) is 9.40 Å². The largest absolute Gasteiger partial charge is 0.465 e. The summed E-state index contributed by atoms with van der Waals surface area (Å²) in [6.07, 6.45) is 3.22. The fourth-order valence-corrected chi connectivity index (χ4v) is 5.12. The van der Waals surface area contributed by atoms with Crippen LogP contribution >= 0.6 is 11.3 Å². The van der Waals surface area contributed by atoms with Gasteiger partial charge in [0.15, 0.2) is 0 Å². The lowest BCUT2D eigenvalue weighted by Crippen LogP contribution is -2.25. The van der Waals surface area contributed by atoms with Crippen LogP contribution in [0.2, 0.25) is 0 Å². The van der Waals surface area contributed by atoms with E-state index in [2.05, 4.69) is 23.7 Å². The van der Waals surface area contributed by atoms with E-state index in [-0.39, 0.29) is 11.6 Å². The summed E-state index contributed by atoms with van der Waals surface area (Å²) in [6, 6.07) is 3.96. The molecular formula is C20H25N3O2S. The summed E-state index contributed by atoms with van der Waals surface area (Å²) in [4.78, 5) is 25.0. The van der Waals surface area contributed by atoms with E-state index in [0.29, 0.717) is 12.5 Å². The molecule has 3 aromatic heterocycles. The van der Waals surface area contributed by atoms with Crippen molar-refractivity contribution in [3.63, 3.8) is 0 Å². The van der Waals surface area contributed by atoms with Crippen LogP contribution in [0.1, 0.15) is 54.1 Å². The van der Waals surface area contributed by atoms with E-state index in [9.17, 15) is 4.79 Å². The van der Waals surface area contributed by atoms with Crippen LogP contribution in [-0.4, -0.2) is 21.9 Å². The SMILES string of the molecule is Cc1ccc(CN(C)[C@@H](C)c2nc3sc4c(c3c(=O)[nH]2)CC[C@@H](C)C4)o1. The van der Waals surface area contributed by atoms with E-state index in [1.807, 2.05) is 26.1 Å². The number of furan rings is 1. The summed E-state index contributed by atoms with van der Waals surface area (Å²) in [5.74, 6) is 3.24. The van der Waals surface area contributed by atoms with Gasteiger partial charge in [0.1, 0.15) is 22.2 Å². The van der Waals surface area contributed by atoms with Gasteiger partial charge in [0.25, 0.3) is 5.56 Å². The van der Waals surface area contributed by atoms with Crippen molar-refractivity contribution in [2.45, 2.75) is 52.6 Å². The van der Waals surface area contributed by atoms with Gasteiger partial charge >= 0.3 is 0 Å². The first kappa shape index (κ1) is 17.5. The van der Waals surface area contributed by atoms with Crippen molar-refractivity contribution in [3.05, 3.63) is 50.3 Å². The summed E-state index contributed by atoms with van der Waals surface area (Å²) in [5.41, 5.74) is 1.24. The number of aromatic nitrogens is 2. The molecule has 0 fully saturated rings. The Hall–Kier alpha value is -1.92. The van der Waals surface area contributed by atoms with Gasteiger partial charge in [0.2, 0.25) is 0 Å². The average molecular weight is 372 g/mol. The van der Waals surface area contributed by atoms with Crippen LogP contribution in [0.15, 0.2) is 21.3 Å². The highest BCUT2D eigenvalue weighted by Gasteiger charge is 2.24. The number of rotatable bonds is 4. The third-order valence-corrected chi connectivity index (χ3v) is 6.59. The van der Waals surface area contributed by atoms with Gasteiger partial charge in [-0.2, -0.15) is 0 Å². The number of thiophene rings is 1. The smallest absolute Gasteiger partial charge is 0.259 e. The van der Waals surface area contributed by atoms with E-state index in [0.717, 1.165) is 46.8 Å². The Labute approximate surface area is 157 Å². The molecule has 0 amide bonds. The van der Waals surface area contributed by atoms with Crippen LogP contribution in [-0.2, 0) is 19.4 Å². The van der Waals surface area contributed by atoms with Crippen LogP contribution < -0.4 is 5.56 Å². The molecule has 0 aliphatic heterocycles. The Morgan fingerprint density at radius 2 is 2.27 bits per heavy atom. The van der Waals surface area contributed by atoms with E-state index >= 15 is 0 Å². The molecule has 3 heterocycles. The average Bonchev–Trinajstić information content (AvgIpc) is 3.16.